The van der Waals surface area contributed by atoms with Crippen LogP contribution in [0, 0.1) is 10.1 Å². The van der Waals surface area contributed by atoms with Gasteiger partial charge in [-0.3, -0.25) is 19.6 Å². The number of hydrogen-bond acceptors (Lipinski definition) is 8. The first-order valence-corrected chi connectivity index (χ1v) is 11.9. The van der Waals surface area contributed by atoms with Crippen LogP contribution in [0.5, 0.6) is 0 Å². The van der Waals surface area contributed by atoms with Gasteiger partial charge in [-0.05, 0) is 36.4 Å². The fraction of sp³-hybridized carbons (Fsp3) is 0.381. The van der Waals surface area contributed by atoms with Crippen LogP contribution in [0.25, 0.3) is 0 Å². The van der Waals surface area contributed by atoms with Crippen molar-refractivity contribution in [3.63, 3.8) is 0 Å². The summed E-state index contributed by atoms with van der Waals surface area (Å²) >= 11 is 0. The highest BCUT2D eigenvalue weighted by molar-refractivity contribution is 7.89. The van der Waals surface area contributed by atoms with Gasteiger partial charge in [0, 0.05) is 43.6 Å². The number of amides is 1. The molecule has 0 aliphatic carbocycles. The summed E-state index contributed by atoms with van der Waals surface area (Å²) in [6, 6.07) is 10.2. The standard InChI is InChI=1S/C21H24N4O7S.FH/c26-21(19-15-17(3-6-20(19)25(27)28)23-7-11-31-12-8-23)22-16-1-4-18(5-2-16)33(29,30)24-9-13-32-14-10-24;/h1-6,15H,7-14H2,(H,22,26);1H. The van der Waals surface area contributed by atoms with Gasteiger partial charge >= 0.3 is 0 Å². The smallest absolute Gasteiger partial charge is 0.282 e. The van der Waals surface area contributed by atoms with Crippen LogP contribution in [0.15, 0.2) is 47.4 Å². The van der Waals surface area contributed by atoms with E-state index in [2.05, 4.69) is 5.32 Å². The lowest BCUT2D eigenvalue weighted by Gasteiger charge is -2.29. The maximum Gasteiger partial charge on any atom is 0.282 e. The van der Waals surface area contributed by atoms with Gasteiger partial charge in [0.05, 0.1) is 36.2 Å². The number of nitrogens with one attached hydrogen (secondary N) is 1. The lowest BCUT2D eigenvalue weighted by Crippen LogP contribution is -2.40. The first kappa shape index (κ1) is 25.5. The fourth-order valence-electron chi connectivity index (χ4n) is 3.73. The fourth-order valence-corrected chi connectivity index (χ4v) is 5.14. The van der Waals surface area contributed by atoms with Crippen molar-refractivity contribution in [3.05, 3.63) is 58.1 Å². The average molecular weight is 497 g/mol. The maximum absolute atomic E-state index is 12.9. The van der Waals surface area contributed by atoms with Crippen molar-refractivity contribution < 1.29 is 32.3 Å². The third-order valence-corrected chi connectivity index (χ3v) is 7.43. The molecular formula is C21H25FN4O7S. The Labute approximate surface area is 195 Å². The predicted octanol–water partition coefficient (Wildman–Crippen LogP) is 1.86. The summed E-state index contributed by atoms with van der Waals surface area (Å²) in [5.74, 6) is -0.652. The molecule has 13 heteroatoms. The number of ether oxygens (including phenoxy) is 2. The number of nitro groups is 1. The molecule has 2 heterocycles. The van der Waals surface area contributed by atoms with E-state index >= 15 is 0 Å². The number of carbonyl (C=O) groups is 1. The molecule has 1 N–H and O–H groups in total. The topological polar surface area (TPSA) is 131 Å². The molecule has 2 aromatic rings. The van der Waals surface area contributed by atoms with Crippen LogP contribution in [0.1, 0.15) is 10.4 Å². The number of anilines is 2. The van der Waals surface area contributed by atoms with Crippen LogP contribution in [0.2, 0.25) is 0 Å². The molecule has 0 bridgehead atoms. The Hall–Kier alpha value is -3.13. The first-order chi connectivity index (χ1) is 15.9. The second kappa shape index (κ2) is 10.9. The third kappa shape index (κ3) is 5.50. The maximum atomic E-state index is 12.9. The number of benzene rings is 2. The summed E-state index contributed by atoms with van der Waals surface area (Å²) in [6.07, 6.45) is 0. The molecule has 11 nitrogen and oxygen atoms in total. The van der Waals surface area contributed by atoms with Crippen molar-refractivity contribution in [1.29, 1.82) is 0 Å². The van der Waals surface area contributed by atoms with Crippen molar-refractivity contribution in [3.8, 4) is 0 Å². The highest BCUT2D eigenvalue weighted by Crippen LogP contribution is 2.27. The van der Waals surface area contributed by atoms with Crippen molar-refractivity contribution in [2.75, 3.05) is 62.8 Å². The Morgan fingerprint density at radius 2 is 1.53 bits per heavy atom. The summed E-state index contributed by atoms with van der Waals surface area (Å²) in [7, 11) is -3.66. The normalized spacial score (nSPS) is 17.0. The number of nitrogens with zero attached hydrogens (tertiary/aromatic N) is 3. The van der Waals surface area contributed by atoms with E-state index in [-0.39, 0.29) is 33.9 Å². The predicted molar refractivity (Wildman–Crippen MR) is 123 cm³/mol. The molecule has 0 radical (unpaired) electrons. The molecule has 2 aliphatic rings. The largest absolute Gasteiger partial charge is 0.379 e. The summed E-state index contributed by atoms with van der Waals surface area (Å²) < 4.78 is 37.4. The highest BCUT2D eigenvalue weighted by Gasteiger charge is 2.27. The molecule has 2 fully saturated rings. The van der Waals surface area contributed by atoms with E-state index in [4.69, 9.17) is 9.47 Å². The van der Waals surface area contributed by atoms with Gasteiger partial charge in [0.2, 0.25) is 10.0 Å². The molecule has 0 unspecified atom stereocenters. The van der Waals surface area contributed by atoms with Crippen molar-refractivity contribution in [2.24, 2.45) is 0 Å². The van der Waals surface area contributed by atoms with Crippen molar-refractivity contribution >= 4 is 33.0 Å². The molecule has 0 atom stereocenters. The lowest BCUT2D eigenvalue weighted by atomic mass is 10.1. The summed E-state index contributed by atoms with van der Waals surface area (Å²) in [6.45, 7) is 3.58. The zero-order chi connectivity index (χ0) is 23.4. The molecule has 2 aromatic carbocycles. The van der Waals surface area contributed by atoms with E-state index < -0.39 is 20.9 Å². The minimum atomic E-state index is -3.66. The molecular weight excluding hydrogens is 471 g/mol. The molecule has 0 spiro atoms. The number of sulfonamides is 1. The molecule has 2 saturated heterocycles. The number of halogens is 1. The van der Waals surface area contributed by atoms with Gasteiger partial charge in [-0.15, -0.1) is 0 Å². The van der Waals surface area contributed by atoms with Crippen LogP contribution < -0.4 is 10.2 Å². The molecule has 34 heavy (non-hydrogen) atoms. The second-order valence-electron chi connectivity index (χ2n) is 7.55. The number of hydrogen-bond donors (Lipinski definition) is 1. The summed E-state index contributed by atoms with van der Waals surface area (Å²) in [5, 5.41) is 14.1. The highest BCUT2D eigenvalue weighted by atomic mass is 32.2. The second-order valence-corrected chi connectivity index (χ2v) is 9.49. The van der Waals surface area contributed by atoms with Crippen LogP contribution in [-0.2, 0) is 19.5 Å². The van der Waals surface area contributed by atoms with E-state index in [0.29, 0.717) is 50.9 Å². The van der Waals surface area contributed by atoms with Crippen molar-refractivity contribution in [2.45, 2.75) is 4.90 Å². The van der Waals surface area contributed by atoms with Gasteiger partial charge in [-0.2, -0.15) is 4.31 Å². The first-order valence-electron chi connectivity index (χ1n) is 10.5. The van der Waals surface area contributed by atoms with Gasteiger partial charge in [0.15, 0.2) is 0 Å². The van der Waals surface area contributed by atoms with Gasteiger partial charge in [0.25, 0.3) is 11.6 Å². The van der Waals surface area contributed by atoms with E-state index in [1.807, 2.05) is 4.90 Å². The molecule has 2 aliphatic heterocycles. The molecule has 1 amide bonds. The average Bonchev–Trinajstić information content (AvgIpc) is 2.85. The Morgan fingerprint density at radius 1 is 0.941 bits per heavy atom. The van der Waals surface area contributed by atoms with Gasteiger partial charge in [-0.1, -0.05) is 0 Å². The summed E-state index contributed by atoms with van der Waals surface area (Å²) in [4.78, 5) is 25.9. The minimum Gasteiger partial charge on any atom is -0.379 e. The minimum absolute atomic E-state index is 0. The third-order valence-electron chi connectivity index (χ3n) is 5.52. The lowest BCUT2D eigenvalue weighted by molar-refractivity contribution is -0.385. The Balaban J connectivity index is 0.00000324. The number of morpholine rings is 2. The van der Waals surface area contributed by atoms with Crippen LogP contribution >= 0.6 is 0 Å². The molecule has 184 valence electrons. The van der Waals surface area contributed by atoms with E-state index in [0.717, 1.165) is 0 Å². The molecule has 4 rings (SSSR count). The number of nitro benzene ring substituents is 1. The van der Waals surface area contributed by atoms with Gasteiger partial charge in [0.1, 0.15) is 5.56 Å². The van der Waals surface area contributed by atoms with Crippen LogP contribution in [-0.4, -0.2) is 76.2 Å². The Morgan fingerprint density at radius 3 is 2.12 bits per heavy atom. The Kier molecular flexibility index (Phi) is 8.15. The zero-order valence-corrected chi connectivity index (χ0v) is 19.0. The van der Waals surface area contributed by atoms with Crippen LogP contribution in [0.4, 0.5) is 21.8 Å². The zero-order valence-electron chi connectivity index (χ0n) is 18.2. The molecule has 0 aromatic heterocycles. The van der Waals surface area contributed by atoms with Gasteiger partial charge in [-0.25, -0.2) is 8.42 Å². The van der Waals surface area contributed by atoms with Gasteiger partial charge < -0.3 is 19.7 Å². The van der Waals surface area contributed by atoms with Crippen molar-refractivity contribution in [1.82, 2.24) is 4.31 Å². The number of rotatable bonds is 6. The molecule has 0 saturated carbocycles. The van der Waals surface area contributed by atoms with E-state index in [9.17, 15) is 23.3 Å². The Bertz CT molecular complexity index is 1130. The van der Waals surface area contributed by atoms with E-state index in [1.165, 1.54) is 40.7 Å². The van der Waals surface area contributed by atoms with Crippen LogP contribution in [0.3, 0.4) is 0 Å². The quantitative estimate of drug-likeness (QED) is 0.474. The summed E-state index contributed by atoms with van der Waals surface area (Å²) in [5.41, 5.74) is 0.637. The van der Waals surface area contributed by atoms with E-state index in [1.54, 1.807) is 6.07 Å². The SMILES string of the molecule is F.O=C(Nc1ccc(S(=O)(=O)N2CCOCC2)cc1)c1cc(N2CCOCC2)ccc1[N+](=O)[O-]. The number of carbonyl (C=O) groups excluding carboxylic acids is 1. The monoisotopic (exact) mass is 496 g/mol.